The van der Waals surface area contributed by atoms with E-state index >= 15 is 0 Å². The average Bonchev–Trinajstić information content (AvgIpc) is 2.93. The second-order valence-corrected chi connectivity index (χ2v) is 6.53. The van der Waals surface area contributed by atoms with Gasteiger partial charge in [0.1, 0.15) is 0 Å². The smallest absolute Gasteiger partial charge is 0.199 e. The molecule has 0 spiro atoms. The summed E-state index contributed by atoms with van der Waals surface area (Å²) in [5.41, 5.74) is 1.49. The Morgan fingerprint density at radius 3 is 2.67 bits per heavy atom. The molecule has 0 radical (unpaired) electrons. The molecule has 0 unspecified atom stereocenters. The number of tetrazole rings is 1. The summed E-state index contributed by atoms with van der Waals surface area (Å²) >= 11 is 0. The molecule has 0 aliphatic heterocycles. The summed E-state index contributed by atoms with van der Waals surface area (Å²) in [5, 5.41) is 14.4. The number of hydrogen-bond donors (Lipinski definition) is 1. The second-order valence-electron chi connectivity index (χ2n) is 4.51. The van der Waals surface area contributed by atoms with Crippen LogP contribution in [0.5, 0.6) is 0 Å². The van der Waals surface area contributed by atoms with Gasteiger partial charge in [-0.2, -0.15) is 4.52 Å². The van der Waals surface area contributed by atoms with Crippen LogP contribution in [-0.2, 0) is 16.4 Å². The van der Waals surface area contributed by atoms with E-state index in [0.29, 0.717) is 22.9 Å². The van der Waals surface area contributed by atoms with E-state index in [9.17, 15) is 8.42 Å². The van der Waals surface area contributed by atoms with Crippen molar-refractivity contribution in [2.75, 3.05) is 11.6 Å². The molecule has 0 fully saturated rings. The molecular weight excluding hydrogens is 292 g/mol. The van der Waals surface area contributed by atoms with Crippen LogP contribution >= 0.6 is 0 Å². The maximum atomic E-state index is 11.4. The van der Waals surface area contributed by atoms with Crippen LogP contribution in [0.2, 0.25) is 0 Å². The van der Waals surface area contributed by atoms with Crippen LogP contribution in [0.4, 0.5) is 5.82 Å². The fourth-order valence-corrected chi connectivity index (χ4v) is 2.47. The molecule has 0 atom stereocenters. The zero-order valence-corrected chi connectivity index (χ0v) is 11.9. The summed E-state index contributed by atoms with van der Waals surface area (Å²) in [4.78, 5) is 4.34. The van der Waals surface area contributed by atoms with Gasteiger partial charge in [0.15, 0.2) is 21.3 Å². The van der Waals surface area contributed by atoms with Gasteiger partial charge in [-0.3, -0.25) is 4.98 Å². The van der Waals surface area contributed by atoms with Gasteiger partial charge < -0.3 is 5.32 Å². The van der Waals surface area contributed by atoms with Crippen LogP contribution in [0.3, 0.4) is 0 Å². The summed E-state index contributed by atoms with van der Waals surface area (Å²) in [5.74, 6) is 0.657. The van der Waals surface area contributed by atoms with Gasteiger partial charge in [-0.15, -0.1) is 5.10 Å². The minimum Gasteiger partial charge on any atom is -0.365 e. The van der Waals surface area contributed by atoms with Crippen LogP contribution in [0.1, 0.15) is 5.56 Å². The molecule has 8 nitrogen and oxygen atoms in total. The molecule has 0 bridgehead atoms. The van der Waals surface area contributed by atoms with Crippen molar-refractivity contribution in [1.82, 2.24) is 25.0 Å². The van der Waals surface area contributed by atoms with E-state index in [1.54, 1.807) is 36.7 Å². The van der Waals surface area contributed by atoms with E-state index < -0.39 is 9.84 Å². The highest BCUT2D eigenvalue weighted by Gasteiger charge is 2.07. The first-order valence-electron chi connectivity index (χ1n) is 6.09. The molecular formula is C12H12N6O2S. The van der Waals surface area contributed by atoms with Crippen molar-refractivity contribution in [3.05, 3.63) is 42.2 Å². The molecule has 2 aromatic heterocycles. The molecule has 0 aliphatic rings. The Morgan fingerprint density at radius 2 is 1.95 bits per heavy atom. The molecule has 9 heteroatoms. The number of hydrogen-bond acceptors (Lipinski definition) is 7. The van der Waals surface area contributed by atoms with Gasteiger partial charge in [0.2, 0.25) is 0 Å². The predicted molar refractivity (Wildman–Crippen MR) is 75.5 cm³/mol. The third-order valence-electron chi connectivity index (χ3n) is 2.93. The molecule has 3 rings (SSSR count). The monoisotopic (exact) mass is 304 g/mol. The molecule has 1 aromatic carbocycles. The highest BCUT2D eigenvalue weighted by atomic mass is 32.2. The number of rotatable bonds is 4. The molecule has 0 saturated carbocycles. The highest BCUT2D eigenvalue weighted by molar-refractivity contribution is 7.90. The summed E-state index contributed by atoms with van der Waals surface area (Å²) in [6.07, 6.45) is 4.37. The van der Waals surface area contributed by atoms with Crippen molar-refractivity contribution in [2.24, 2.45) is 0 Å². The standard InChI is InChI=1S/C12H12N6O2S/c1-21(19,20)10-4-2-9(3-5-10)6-14-11-7-13-8-12-15-16-17-18(11)12/h2-5,7-8,14H,6H2,1H3. The third kappa shape index (κ3) is 2.82. The Kier molecular flexibility index (Phi) is 3.26. The molecule has 0 saturated heterocycles. The van der Waals surface area contributed by atoms with Gasteiger partial charge in [0.25, 0.3) is 0 Å². The van der Waals surface area contributed by atoms with Crippen LogP contribution in [-0.4, -0.2) is 39.7 Å². The van der Waals surface area contributed by atoms with Crippen molar-refractivity contribution in [3.8, 4) is 0 Å². The molecule has 21 heavy (non-hydrogen) atoms. The quantitative estimate of drug-likeness (QED) is 0.750. The Bertz CT molecular complexity index is 872. The Hall–Kier alpha value is -2.55. The van der Waals surface area contributed by atoms with Crippen molar-refractivity contribution < 1.29 is 8.42 Å². The summed E-state index contributed by atoms with van der Waals surface area (Å²) < 4.78 is 24.3. The van der Waals surface area contributed by atoms with Crippen LogP contribution in [0.15, 0.2) is 41.6 Å². The first-order valence-corrected chi connectivity index (χ1v) is 7.98. The topological polar surface area (TPSA) is 102 Å². The lowest BCUT2D eigenvalue weighted by Crippen LogP contribution is -2.06. The molecule has 108 valence electrons. The number of sulfone groups is 1. The van der Waals surface area contributed by atoms with E-state index in [1.807, 2.05) is 0 Å². The van der Waals surface area contributed by atoms with Crippen LogP contribution in [0, 0.1) is 0 Å². The molecule has 2 heterocycles. The molecule has 0 amide bonds. The maximum absolute atomic E-state index is 11.4. The van der Waals surface area contributed by atoms with Gasteiger partial charge in [0.05, 0.1) is 17.3 Å². The largest absolute Gasteiger partial charge is 0.365 e. The fraction of sp³-hybridized carbons (Fsp3) is 0.167. The number of nitrogens with zero attached hydrogens (tertiary/aromatic N) is 5. The van der Waals surface area contributed by atoms with E-state index in [-0.39, 0.29) is 0 Å². The molecule has 1 N–H and O–H groups in total. The van der Waals surface area contributed by atoms with Gasteiger partial charge in [0, 0.05) is 12.8 Å². The van der Waals surface area contributed by atoms with Gasteiger partial charge >= 0.3 is 0 Å². The van der Waals surface area contributed by atoms with E-state index in [4.69, 9.17) is 0 Å². The lowest BCUT2D eigenvalue weighted by Gasteiger charge is -2.07. The number of anilines is 1. The van der Waals surface area contributed by atoms with Crippen LogP contribution in [0.25, 0.3) is 5.65 Å². The number of fused-ring (bicyclic) bond motifs is 1. The van der Waals surface area contributed by atoms with Crippen LogP contribution < -0.4 is 5.32 Å². The Labute approximate surface area is 120 Å². The Balaban J connectivity index is 1.77. The zero-order valence-electron chi connectivity index (χ0n) is 11.1. The first kappa shape index (κ1) is 13.4. The zero-order chi connectivity index (χ0) is 14.9. The van der Waals surface area contributed by atoms with Crippen molar-refractivity contribution in [3.63, 3.8) is 0 Å². The van der Waals surface area contributed by atoms with Crippen molar-refractivity contribution >= 4 is 21.3 Å². The fourth-order valence-electron chi connectivity index (χ4n) is 1.84. The third-order valence-corrected chi connectivity index (χ3v) is 4.06. The van der Waals surface area contributed by atoms with Gasteiger partial charge in [-0.25, -0.2) is 8.42 Å². The maximum Gasteiger partial charge on any atom is 0.199 e. The van der Waals surface area contributed by atoms with E-state index in [0.717, 1.165) is 5.56 Å². The normalized spacial score (nSPS) is 11.7. The predicted octanol–water partition coefficient (Wildman–Crippen LogP) is 0.535. The van der Waals surface area contributed by atoms with E-state index in [1.165, 1.54) is 10.8 Å². The van der Waals surface area contributed by atoms with Gasteiger partial charge in [-0.1, -0.05) is 12.1 Å². The minimum absolute atomic E-state index is 0.301. The number of aromatic nitrogens is 5. The lowest BCUT2D eigenvalue weighted by atomic mass is 10.2. The SMILES string of the molecule is CS(=O)(=O)c1ccc(CNc2cncc3nnnn23)cc1. The van der Waals surface area contributed by atoms with Crippen molar-refractivity contribution in [1.29, 1.82) is 0 Å². The highest BCUT2D eigenvalue weighted by Crippen LogP contribution is 2.12. The number of benzene rings is 1. The first-order chi connectivity index (χ1) is 10.0. The lowest BCUT2D eigenvalue weighted by molar-refractivity contribution is 0.602. The summed E-state index contributed by atoms with van der Waals surface area (Å²) in [6.45, 7) is 0.505. The van der Waals surface area contributed by atoms with E-state index in [2.05, 4.69) is 25.8 Å². The Morgan fingerprint density at radius 1 is 1.19 bits per heavy atom. The van der Waals surface area contributed by atoms with Crippen molar-refractivity contribution in [2.45, 2.75) is 11.4 Å². The molecule has 3 aromatic rings. The minimum atomic E-state index is -3.17. The average molecular weight is 304 g/mol. The summed E-state index contributed by atoms with van der Waals surface area (Å²) in [6, 6.07) is 6.69. The number of nitrogens with one attached hydrogen (secondary N) is 1. The second kappa shape index (κ2) is 5.09. The molecule has 0 aliphatic carbocycles. The van der Waals surface area contributed by atoms with Gasteiger partial charge in [-0.05, 0) is 28.1 Å². The summed E-state index contributed by atoms with van der Waals surface area (Å²) in [7, 11) is -3.17.